The van der Waals surface area contributed by atoms with Gasteiger partial charge in [0, 0.05) is 18.4 Å². The van der Waals surface area contributed by atoms with Gasteiger partial charge in [0.1, 0.15) is 17.2 Å². The zero-order valence-electron chi connectivity index (χ0n) is 14.1. The summed E-state index contributed by atoms with van der Waals surface area (Å²) in [6, 6.07) is 11.6. The average molecular weight is 374 g/mol. The molecule has 26 heavy (non-hydrogen) atoms. The number of carbonyl (C=O) groups is 3. The molecule has 3 rings (SSSR count). The predicted molar refractivity (Wildman–Crippen MR) is 96.2 cm³/mol. The Labute approximate surface area is 154 Å². The van der Waals surface area contributed by atoms with Crippen LogP contribution in [0.15, 0.2) is 53.1 Å². The van der Waals surface area contributed by atoms with Crippen molar-refractivity contribution < 1.29 is 23.5 Å². The average Bonchev–Trinajstić information content (AvgIpc) is 3.29. The lowest BCUT2D eigenvalue weighted by atomic mass is 10.2. The van der Waals surface area contributed by atoms with E-state index in [0.717, 1.165) is 0 Å². The molecule has 0 bridgehead atoms. The summed E-state index contributed by atoms with van der Waals surface area (Å²) in [7, 11) is 0. The largest absolute Gasteiger partial charge is 0.466 e. The SMILES string of the molecule is CC(=O)N1[C@@H](C(=O)OCC(=O)Nc2ccccc2)CS[C@@H]1c1ccco1. The van der Waals surface area contributed by atoms with Gasteiger partial charge in [-0.3, -0.25) is 9.59 Å². The van der Waals surface area contributed by atoms with Crippen molar-refractivity contribution >= 4 is 35.2 Å². The molecule has 0 radical (unpaired) electrons. The van der Waals surface area contributed by atoms with E-state index in [1.54, 1.807) is 36.4 Å². The molecule has 0 saturated carbocycles. The maximum Gasteiger partial charge on any atom is 0.330 e. The highest BCUT2D eigenvalue weighted by molar-refractivity contribution is 7.99. The van der Waals surface area contributed by atoms with Crippen molar-refractivity contribution in [2.24, 2.45) is 0 Å². The minimum atomic E-state index is -0.753. The molecule has 1 N–H and O–H groups in total. The predicted octanol–water partition coefficient (Wildman–Crippen LogP) is 2.42. The standard InChI is InChI=1S/C18H18N2O5S/c1-12(21)20-14(11-26-17(20)15-8-5-9-24-15)18(23)25-10-16(22)19-13-6-3-2-4-7-13/h2-9,14,17H,10-11H2,1H3,(H,19,22)/t14-,17-/m1/s1. The molecule has 1 aliphatic rings. The Hall–Kier alpha value is -2.74. The number of esters is 1. The van der Waals surface area contributed by atoms with E-state index in [-0.39, 0.29) is 11.3 Å². The summed E-state index contributed by atoms with van der Waals surface area (Å²) in [5.41, 5.74) is 0.619. The van der Waals surface area contributed by atoms with Crippen molar-refractivity contribution in [1.82, 2.24) is 4.90 Å². The molecular formula is C18H18N2O5S. The van der Waals surface area contributed by atoms with Crippen LogP contribution < -0.4 is 5.32 Å². The Bertz CT molecular complexity index is 778. The van der Waals surface area contributed by atoms with E-state index in [1.165, 1.54) is 29.8 Å². The van der Waals surface area contributed by atoms with E-state index in [2.05, 4.69) is 5.32 Å². The summed E-state index contributed by atoms with van der Waals surface area (Å²) in [6.45, 7) is 0.982. The number of thioether (sulfide) groups is 1. The number of nitrogens with one attached hydrogen (secondary N) is 1. The topological polar surface area (TPSA) is 88.8 Å². The molecule has 136 valence electrons. The quantitative estimate of drug-likeness (QED) is 0.809. The van der Waals surface area contributed by atoms with Gasteiger partial charge in [0.2, 0.25) is 5.91 Å². The Morgan fingerprint density at radius 1 is 1.23 bits per heavy atom. The number of furan rings is 1. The van der Waals surface area contributed by atoms with Crippen molar-refractivity contribution in [3.05, 3.63) is 54.5 Å². The van der Waals surface area contributed by atoms with Gasteiger partial charge in [0.05, 0.1) is 6.26 Å². The Morgan fingerprint density at radius 3 is 2.65 bits per heavy atom. The second kappa shape index (κ2) is 8.09. The molecule has 1 fully saturated rings. The molecule has 1 aromatic heterocycles. The van der Waals surface area contributed by atoms with Gasteiger partial charge in [-0.2, -0.15) is 0 Å². The molecule has 1 aliphatic heterocycles. The van der Waals surface area contributed by atoms with E-state index in [9.17, 15) is 14.4 Å². The van der Waals surface area contributed by atoms with Crippen LogP contribution in [0, 0.1) is 0 Å². The normalized spacial score (nSPS) is 19.2. The van der Waals surface area contributed by atoms with Crippen molar-refractivity contribution in [2.75, 3.05) is 17.7 Å². The summed E-state index contributed by atoms with van der Waals surface area (Å²) < 4.78 is 10.5. The highest BCUT2D eigenvalue weighted by Gasteiger charge is 2.43. The molecule has 0 spiro atoms. The van der Waals surface area contributed by atoms with Gasteiger partial charge >= 0.3 is 5.97 Å². The van der Waals surface area contributed by atoms with E-state index >= 15 is 0 Å². The third-order valence-corrected chi connectivity index (χ3v) is 5.11. The fourth-order valence-electron chi connectivity index (χ4n) is 2.67. The second-order valence-electron chi connectivity index (χ2n) is 5.67. The molecule has 2 heterocycles. The molecule has 2 atom stereocenters. The summed E-state index contributed by atoms with van der Waals surface area (Å²) in [6.07, 6.45) is 1.52. The highest BCUT2D eigenvalue weighted by Crippen LogP contribution is 2.41. The lowest BCUT2D eigenvalue weighted by molar-refractivity contribution is -0.155. The maximum absolute atomic E-state index is 12.4. The molecule has 1 aromatic carbocycles. The van der Waals surface area contributed by atoms with E-state index in [0.29, 0.717) is 17.2 Å². The number of ether oxygens (including phenoxy) is 1. The van der Waals surface area contributed by atoms with E-state index in [4.69, 9.17) is 9.15 Å². The molecule has 0 unspecified atom stereocenters. The Morgan fingerprint density at radius 2 is 2.00 bits per heavy atom. The highest BCUT2D eigenvalue weighted by atomic mass is 32.2. The van der Waals surface area contributed by atoms with Crippen LogP contribution in [0.5, 0.6) is 0 Å². The Balaban J connectivity index is 1.58. The number of amides is 2. The van der Waals surface area contributed by atoms with Gasteiger partial charge in [0.25, 0.3) is 5.91 Å². The summed E-state index contributed by atoms with van der Waals surface area (Å²) in [4.78, 5) is 37.8. The number of benzene rings is 1. The molecule has 2 amide bonds. The third kappa shape index (κ3) is 4.08. The molecule has 2 aromatic rings. The smallest absolute Gasteiger partial charge is 0.330 e. The van der Waals surface area contributed by atoms with Gasteiger partial charge in [-0.25, -0.2) is 4.79 Å². The lowest BCUT2D eigenvalue weighted by Gasteiger charge is -2.25. The van der Waals surface area contributed by atoms with Crippen LogP contribution in [0.1, 0.15) is 18.1 Å². The molecule has 7 nitrogen and oxygen atoms in total. The lowest BCUT2D eigenvalue weighted by Crippen LogP contribution is -2.43. The first-order valence-electron chi connectivity index (χ1n) is 8.01. The van der Waals surface area contributed by atoms with Crippen LogP contribution in [-0.2, 0) is 19.1 Å². The minimum absolute atomic E-state index is 0.257. The van der Waals surface area contributed by atoms with Crippen LogP contribution in [0.2, 0.25) is 0 Å². The molecule has 0 aliphatic carbocycles. The molecule has 1 saturated heterocycles. The summed E-state index contributed by atoms with van der Waals surface area (Å²) >= 11 is 1.42. The van der Waals surface area contributed by atoms with E-state index < -0.39 is 24.5 Å². The van der Waals surface area contributed by atoms with Crippen LogP contribution in [0.4, 0.5) is 5.69 Å². The number of carbonyl (C=O) groups excluding carboxylic acids is 3. The van der Waals surface area contributed by atoms with E-state index in [1.807, 2.05) is 6.07 Å². The van der Waals surface area contributed by atoms with Crippen LogP contribution in [0.25, 0.3) is 0 Å². The van der Waals surface area contributed by atoms with Crippen molar-refractivity contribution in [1.29, 1.82) is 0 Å². The van der Waals surface area contributed by atoms with Crippen molar-refractivity contribution in [2.45, 2.75) is 18.3 Å². The first kappa shape index (κ1) is 18.1. The third-order valence-electron chi connectivity index (χ3n) is 3.83. The van der Waals surface area contributed by atoms with Crippen LogP contribution in [-0.4, -0.2) is 41.1 Å². The van der Waals surface area contributed by atoms with Crippen LogP contribution in [0.3, 0.4) is 0 Å². The van der Waals surface area contributed by atoms with Gasteiger partial charge in [-0.15, -0.1) is 11.8 Å². The number of anilines is 1. The van der Waals surface area contributed by atoms with Gasteiger partial charge in [-0.05, 0) is 24.3 Å². The zero-order valence-corrected chi connectivity index (χ0v) is 14.9. The molecule has 8 heteroatoms. The second-order valence-corrected chi connectivity index (χ2v) is 6.78. The van der Waals surface area contributed by atoms with Crippen molar-refractivity contribution in [3.8, 4) is 0 Å². The molecular weight excluding hydrogens is 356 g/mol. The first-order valence-corrected chi connectivity index (χ1v) is 9.06. The zero-order chi connectivity index (χ0) is 18.5. The number of hydrogen-bond donors (Lipinski definition) is 1. The fraction of sp³-hybridized carbons (Fsp3) is 0.278. The number of nitrogens with zero attached hydrogens (tertiary/aromatic N) is 1. The Kier molecular flexibility index (Phi) is 5.62. The number of para-hydroxylation sites is 1. The minimum Gasteiger partial charge on any atom is -0.466 e. The van der Waals surface area contributed by atoms with Gasteiger partial charge in [-0.1, -0.05) is 18.2 Å². The first-order chi connectivity index (χ1) is 12.6. The monoisotopic (exact) mass is 374 g/mol. The summed E-state index contributed by atoms with van der Waals surface area (Å²) in [5.74, 6) is -0.323. The summed E-state index contributed by atoms with van der Waals surface area (Å²) in [5, 5.41) is 2.26. The fourth-order valence-corrected chi connectivity index (χ4v) is 4.09. The number of rotatable bonds is 5. The van der Waals surface area contributed by atoms with Crippen LogP contribution >= 0.6 is 11.8 Å². The van der Waals surface area contributed by atoms with Gasteiger partial charge in [0.15, 0.2) is 6.61 Å². The number of hydrogen-bond acceptors (Lipinski definition) is 6. The van der Waals surface area contributed by atoms with Crippen molar-refractivity contribution in [3.63, 3.8) is 0 Å². The maximum atomic E-state index is 12.4. The van der Waals surface area contributed by atoms with Gasteiger partial charge < -0.3 is 19.4 Å².